The molecule has 0 amide bonds. The van der Waals surface area contributed by atoms with E-state index >= 15 is 0 Å². The first-order valence-electron chi connectivity index (χ1n) is 4.59. The van der Waals surface area contributed by atoms with E-state index in [0.29, 0.717) is 13.2 Å². The van der Waals surface area contributed by atoms with Crippen LogP contribution in [-0.2, 0) is 15.1 Å². The number of hydrogen-bond acceptors (Lipinski definition) is 3. The van der Waals surface area contributed by atoms with Crippen molar-refractivity contribution in [3.05, 3.63) is 29.8 Å². The molecule has 2 rings (SSSR count). The highest BCUT2D eigenvalue weighted by Gasteiger charge is 2.42. The molecule has 0 saturated carbocycles. The number of hydrogen-bond donors (Lipinski definition) is 0. The van der Waals surface area contributed by atoms with Crippen molar-refractivity contribution in [1.29, 1.82) is 0 Å². The van der Waals surface area contributed by atoms with E-state index < -0.39 is 0 Å². The zero-order chi connectivity index (χ0) is 10.0. The van der Waals surface area contributed by atoms with Crippen LogP contribution in [0.3, 0.4) is 0 Å². The fourth-order valence-electron chi connectivity index (χ4n) is 1.69. The molecule has 1 aliphatic heterocycles. The number of rotatable bonds is 3. The summed E-state index contributed by atoms with van der Waals surface area (Å²) in [6.45, 7) is 1.20. The molecule has 0 N–H and O–H groups in total. The number of ether oxygens (including phenoxy) is 3. The quantitative estimate of drug-likeness (QED) is 0.731. The van der Waals surface area contributed by atoms with Crippen LogP contribution in [-0.4, -0.2) is 27.4 Å². The first-order chi connectivity index (χ1) is 6.82. The third-order valence-electron chi connectivity index (χ3n) is 2.66. The molecule has 3 heteroatoms. The van der Waals surface area contributed by atoms with E-state index in [1.807, 2.05) is 24.3 Å². The van der Waals surface area contributed by atoms with Gasteiger partial charge in [-0.2, -0.15) is 0 Å². The lowest BCUT2D eigenvalue weighted by atomic mass is 9.91. The Morgan fingerprint density at radius 3 is 2.43 bits per heavy atom. The number of benzene rings is 1. The molecule has 0 spiro atoms. The van der Waals surface area contributed by atoms with Crippen LogP contribution in [0.25, 0.3) is 0 Å². The van der Waals surface area contributed by atoms with Gasteiger partial charge in [0.15, 0.2) is 0 Å². The van der Waals surface area contributed by atoms with Gasteiger partial charge in [-0.1, -0.05) is 18.2 Å². The molecule has 14 heavy (non-hydrogen) atoms. The minimum absolute atomic E-state index is 0.299. The number of para-hydroxylation sites is 1. The van der Waals surface area contributed by atoms with Crippen LogP contribution < -0.4 is 4.74 Å². The highest BCUT2D eigenvalue weighted by atomic mass is 16.6. The van der Waals surface area contributed by atoms with E-state index in [-0.39, 0.29) is 5.60 Å². The Kier molecular flexibility index (Phi) is 2.44. The van der Waals surface area contributed by atoms with E-state index in [1.54, 1.807) is 14.2 Å². The van der Waals surface area contributed by atoms with E-state index in [2.05, 4.69) is 0 Å². The van der Waals surface area contributed by atoms with Crippen molar-refractivity contribution in [3.8, 4) is 5.75 Å². The maximum absolute atomic E-state index is 5.50. The summed E-state index contributed by atoms with van der Waals surface area (Å²) in [4.78, 5) is 0. The van der Waals surface area contributed by atoms with Crippen LogP contribution >= 0.6 is 0 Å². The van der Waals surface area contributed by atoms with E-state index in [4.69, 9.17) is 14.2 Å². The highest BCUT2D eigenvalue weighted by molar-refractivity contribution is 5.39. The summed E-state index contributed by atoms with van der Waals surface area (Å²) in [6.07, 6.45) is 0. The molecular formula is C11H14O3. The fourth-order valence-corrected chi connectivity index (χ4v) is 1.69. The van der Waals surface area contributed by atoms with Crippen LogP contribution in [0.5, 0.6) is 5.75 Å². The smallest absolute Gasteiger partial charge is 0.143 e. The standard InChI is InChI=1S/C11H14O3/c1-12-10-6-4-3-5-9(10)11(13-2)7-14-8-11/h3-6H,7-8H2,1-2H3. The Balaban J connectivity index is 2.38. The van der Waals surface area contributed by atoms with Gasteiger partial charge in [0.25, 0.3) is 0 Å². The fraction of sp³-hybridized carbons (Fsp3) is 0.455. The van der Waals surface area contributed by atoms with Gasteiger partial charge in [0.1, 0.15) is 11.4 Å². The summed E-state index contributed by atoms with van der Waals surface area (Å²) in [7, 11) is 3.37. The van der Waals surface area contributed by atoms with Gasteiger partial charge in [0.2, 0.25) is 0 Å². The molecule has 0 bridgehead atoms. The van der Waals surface area contributed by atoms with Gasteiger partial charge in [-0.05, 0) is 6.07 Å². The maximum Gasteiger partial charge on any atom is 0.143 e. The largest absolute Gasteiger partial charge is 0.496 e. The van der Waals surface area contributed by atoms with Gasteiger partial charge < -0.3 is 14.2 Å². The third-order valence-corrected chi connectivity index (χ3v) is 2.66. The molecule has 1 aliphatic rings. The molecule has 0 unspecified atom stereocenters. The second-order valence-electron chi connectivity index (χ2n) is 3.39. The van der Waals surface area contributed by atoms with Crippen molar-refractivity contribution in [2.45, 2.75) is 5.60 Å². The van der Waals surface area contributed by atoms with Crippen molar-refractivity contribution < 1.29 is 14.2 Å². The Hall–Kier alpha value is -1.06. The van der Waals surface area contributed by atoms with E-state index in [9.17, 15) is 0 Å². The summed E-state index contributed by atoms with van der Waals surface area (Å²) >= 11 is 0. The SMILES string of the molecule is COc1ccccc1C1(OC)COC1. The minimum atomic E-state index is -0.299. The molecule has 1 aromatic rings. The molecule has 0 aliphatic carbocycles. The molecule has 0 radical (unpaired) electrons. The summed E-state index contributed by atoms with van der Waals surface area (Å²) in [5.74, 6) is 0.859. The average molecular weight is 194 g/mol. The van der Waals surface area contributed by atoms with Crippen LogP contribution in [0.15, 0.2) is 24.3 Å². The van der Waals surface area contributed by atoms with Crippen LogP contribution in [0, 0.1) is 0 Å². The zero-order valence-electron chi connectivity index (χ0n) is 8.45. The second kappa shape index (κ2) is 3.59. The molecule has 1 heterocycles. The summed E-state index contributed by atoms with van der Waals surface area (Å²) < 4.78 is 16.0. The lowest BCUT2D eigenvalue weighted by Crippen LogP contribution is -2.48. The van der Waals surface area contributed by atoms with Crippen molar-refractivity contribution in [2.75, 3.05) is 27.4 Å². The first-order valence-corrected chi connectivity index (χ1v) is 4.59. The predicted molar refractivity (Wildman–Crippen MR) is 52.5 cm³/mol. The topological polar surface area (TPSA) is 27.7 Å². The Morgan fingerprint density at radius 1 is 1.21 bits per heavy atom. The van der Waals surface area contributed by atoms with Crippen LogP contribution in [0.1, 0.15) is 5.56 Å². The Labute approximate surface area is 83.6 Å². The molecule has 0 atom stereocenters. The van der Waals surface area contributed by atoms with Crippen molar-refractivity contribution in [2.24, 2.45) is 0 Å². The maximum atomic E-state index is 5.50. The molecule has 0 aromatic heterocycles. The Morgan fingerprint density at radius 2 is 1.93 bits per heavy atom. The molecule has 1 aromatic carbocycles. The summed E-state index contributed by atoms with van der Waals surface area (Å²) in [5, 5.41) is 0. The first kappa shape index (κ1) is 9.49. The zero-order valence-corrected chi connectivity index (χ0v) is 8.45. The summed E-state index contributed by atoms with van der Waals surface area (Å²) in [6, 6.07) is 7.89. The highest BCUT2D eigenvalue weighted by Crippen LogP contribution is 2.38. The molecule has 1 fully saturated rings. The second-order valence-corrected chi connectivity index (χ2v) is 3.39. The lowest BCUT2D eigenvalue weighted by molar-refractivity contribution is -0.203. The monoisotopic (exact) mass is 194 g/mol. The minimum Gasteiger partial charge on any atom is -0.496 e. The van der Waals surface area contributed by atoms with E-state index in [0.717, 1.165) is 11.3 Å². The summed E-state index contributed by atoms with van der Waals surface area (Å²) in [5.41, 5.74) is 0.767. The van der Waals surface area contributed by atoms with Crippen LogP contribution in [0.4, 0.5) is 0 Å². The Bertz CT molecular complexity index is 313. The molecule has 1 saturated heterocycles. The van der Waals surface area contributed by atoms with Gasteiger partial charge in [-0.25, -0.2) is 0 Å². The molecule has 3 nitrogen and oxygen atoms in total. The molecule has 76 valence electrons. The van der Waals surface area contributed by atoms with Gasteiger partial charge in [-0.15, -0.1) is 0 Å². The van der Waals surface area contributed by atoms with Gasteiger partial charge >= 0.3 is 0 Å². The van der Waals surface area contributed by atoms with Crippen molar-refractivity contribution in [3.63, 3.8) is 0 Å². The lowest BCUT2D eigenvalue weighted by Gasteiger charge is -2.40. The van der Waals surface area contributed by atoms with Crippen molar-refractivity contribution >= 4 is 0 Å². The predicted octanol–water partition coefficient (Wildman–Crippen LogP) is 1.57. The van der Waals surface area contributed by atoms with Gasteiger partial charge in [-0.3, -0.25) is 0 Å². The van der Waals surface area contributed by atoms with Gasteiger partial charge in [0.05, 0.1) is 20.3 Å². The third kappa shape index (κ3) is 1.29. The number of methoxy groups -OCH3 is 2. The van der Waals surface area contributed by atoms with E-state index in [1.165, 1.54) is 0 Å². The normalized spacial score (nSPS) is 18.7. The molecular weight excluding hydrogens is 180 g/mol. The van der Waals surface area contributed by atoms with Gasteiger partial charge in [0, 0.05) is 12.7 Å². The van der Waals surface area contributed by atoms with Crippen molar-refractivity contribution in [1.82, 2.24) is 0 Å². The average Bonchev–Trinajstić information content (AvgIpc) is 2.18. The van der Waals surface area contributed by atoms with Crippen LogP contribution in [0.2, 0.25) is 0 Å².